The lowest BCUT2D eigenvalue weighted by molar-refractivity contribution is 0.655. The number of aromatic nitrogens is 4. The molecule has 2 aromatic heterocycles. The summed E-state index contributed by atoms with van der Waals surface area (Å²) in [5.74, 6) is 0.890. The van der Waals surface area contributed by atoms with E-state index in [4.69, 9.17) is 5.73 Å². The monoisotopic (exact) mass is 331 g/mol. The lowest BCUT2D eigenvalue weighted by Gasteiger charge is -2.07. The second-order valence-corrected chi connectivity index (χ2v) is 6.56. The Balaban J connectivity index is 1.71. The molecule has 0 aliphatic heterocycles. The number of fused-ring (bicyclic) bond motifs is 3. The van der Waals surface area contributed by atoms with Crippen molar-refractivity contribution in [3.63, 3.8) is 0 Å². The van der Waals surface area contributed by atoms with Crippen LogP contribution >= 0.6 is 0 Å². The first kappa shape index (κ1) is 14.2. The zero-order chi connectivity index (χ0) is 17.0. The summed E-state index contributed by atoms with van der Waals surface area (Å²) in [4.78, 5) is 17.3. The van der Waals surface area contributed by atoms with Crippen molar-refractivity contribution in [2.24, 2.45) is 0 Å². The summed E-state index contributed by atoms with van der Waals surface area (Å²) in [6, 6.07) is 15.8. The van der Waals surface area contributed by atoms with Crippen LogP contribution in [0.15, 0.2) is 53.3 Å². The Labute approximate surface area is 143 Å². The Morgan fingerprint density at radius 1 is 1.08 bits per heavy atom. The van der Waals surface area contributed by atoms with Gasteiger partial charge in [-0.25, -0.2) is 18.9 Å². The summed E-state index contributed by atoms with van der Waals surface area (Å²) in [5, 5.41) is 4.46. The quantitative estimate of drug-likeness (QED) is 0.626. The first-order valence-electron chi connectivity index (χ1n) is 8.44. The highest BCUT2D eigenvalue weighted by Gasteiger charge is 2.26. The van der Waals surface area contributed by atoms with Crippen molar-refractivity contribution in [3.05, 3.63) is 70.1 Å². The van der Waals surface area contributed by atoms with Gasteiger partial charge in [-0.3, -0.25) is 0 Å². The van der Waals surface area contributed by atoms with Crippen LogP contribution in [0.25, 0.3) is 16.7 Å². The molecule has 2 N–H and O–H groups in total. The number of nitrogens with zero attached hydrogens (tertiary/aromatic N) is 4. The molecule has 1 aliphatic rings. The lowest BCUT2D eigenvalue weighted by Crippen LogP contribution is -2.22. The highest BCUT2D eigenvalue weighted by molar-refractivity contribution is 5.81. The number of hydrogen-bond donors (Lipinski definition) is 1. The van der Waals surface area contributed by atoms with E-state index < -0.39 is 0 Å². The molecule has 25 heavy (non-hydrogen) atoms. The SMILES string of the molecule is Nc1nc2ccccc2n2c(=O)n(Cc3ccccc3C3CC3)nc12. The van der Waals surface area contributed by atoms with Crippen LogP contribution in [0.5, 0.6) is 0 Å². The summed E-state index contributed by atoms with van der Waals surface area (Å²) in [7, 11) is 0. The molecular weight excluding hydrogens is 314 g/mol. The van der Waals surface area contributed by atoms with Gasteiger partial charge in [0.1, 0.15) is 0 Å². The topological polar surface area (TPSA) is 78.2 Å². The van der Waals surface area contributed by atoms with Crippen LogP contribution in [0.2, 0.25) is 0 Å². The second kappa shape index (κ2) is 5.17. The van der Waals surface area contributed by atoms with Gasteiger partial charge in [-0.1, -0.05) is 36.4 Å². The fraction of sp³-hybridized carbons (Fsp3) is 0.211. The standard InChI is InChI=1S/C19H17N5O/c20-17-18-22-23(11-13-5-1-2-6-14(13)12-9-10-12)19(25)24(18)16-8-4-3-7-15(16)21-17/h1-8,12H,9-11H2,(H2,20,21). The third kappa shape index (κ3) is 2.21. The van der Waals surface area contributed by atoms with Crippen molar-refractivity contribution in [2.75, 3.05) is 5.73 Å². The van der Waals surface area contributed by atoms with Crippen LogP contribution in [0, 0.1) is 0 Å². The molecule has 1 aliphatic carbocycles. The van der Waals surface area contributed by atoms with Gasteiger partial charge in [0.2, 0.25) is 5.65 Å². The van der Waals surface area contributed by atoms with E-state index in [0.717, 1.165) is 11.1 Å². The molecule has 6 nitrogen and oxygen atoms in total. The molecule has 0 spiro atoms. The summed E-state index contributed by atoms with van der Waals surface area (Å²) in [6.45, 7) is 0.445. The summed E-state index contributed by atoms with van der Waals surface area (Å²) >= 11 is 0. The molecule has 0 saturated heterocycles. The zero-order valence-corrected chi connectivity index (χ0v) is 13.6. The number of hydrogen-bond acceptors (Lipinski definition) is 4. The van der Waals surface area contributed by atoms with Crippen molar-refractivity contribution < 1.29 is 0 Å². The first-order valence-corrected chi connectivity index (χ1v) is 8.44. The van der Waals surface area contributed by atoms with Gasteiger partial charge in [0, 0.05) is 0 Å². The minimum Gasteiger partial charge on any atom is -0.381 e. The number of para-hydroxylation sites is 2. The maximum absolute atomic E-state index is 13.0. The predicted octanol–water partition coefficient (Wildman–Crippen LogP) is 2.55. The van der Waals surface area contributed by atoms with E-state index in [0.29, 0.717) is 23.6 Å². The summed E-state index contributed by atoms with van der Waals surface area (Å²) in [5.41, 5.74) is 10.1. The maximum atomic E-state index is 13.0. The first-order chi connectivity index (χ1) is 12.2. The summed E-state index contributed by atoms with van der Waals surface area (Å²) in [6.07, 6.45) is 2.44. The van der Waals surface area contributed by atoms with Crippen LogP contribution in [-0.4, -0.2) is 19.2 Å². The molecule has 0 bridgehead atoms. The van der Waals surface area contributed by atoms with Gasteiger partial charge in [0.15, 0.2) is 5.82 Å². The molecule has 1 fully saturated rings. The van der Waals surface area contributed by atoms with Crippen LogP contribution < -0.4 is 11.4 Å². The molecule has 124 valence electrons. The van der Waals surface area contributed by atoms with Gasteiger partial charge >= 0.3 is 5.69 Å². The van der Waals surface area contributed by atoms with Gasteiger partial charge in [0.05, 0.1) is 17.6 Å². The fourth-order valence-electron chi connectivity index (χ4n) is 3.45. The van der Waals surface area contributed by atoms with E-state index in [1.807, 2.05) is 30.3 Å². The normalized spacial score (nSPS) is 14.4. The van der Waals surface area contributed by atoms with E-state index in [1.54, 1.807) is 4.40 Å². The van der Waals surface area contributed by atoms with E-state index in [2.05, 4.69) is 28.3 Å². The van der Waals surface area contributed by atoms with Gasteiger partial charge in [-0.05, 0) is 42.0 Å². The molecule has 5 rings (SSSR count). The van der Waals surface area contributed by atoms with Crippen molar-refractivity contribution in [2.45, 2.75) is 25.3 Å². The van der Waals surface area contributed by atoms with Gasteiger partial charge in [-0.15, -0.1) is 5.10 Å². The maximum Gasteiger partial charge on any atom is 0.351 e. The van der Waals surface area contributed by atoms with Crippen molar-refractivity contribution >= 4 is 22.5 Å². The molecule has 2 heterocycles. The number of rotatable bonds is 3. The Morgan fingerprint density at radius 2 is 1.84 bits per heavy atom. The zero-order valence-electron chi connectivity index (χ0n) is 13.6. The lowest BCUT2D eigenvalue weighted by atomic mass is 10.0. The Morgan fingerprint density at radius 3 is 2.68 bits per heavy atom. The van der Waals surface area contributed by atoms with Gasteiger partial charge in [0.25, 0.3) is 0 Å². The molecule has 6 heteroatoms. The predicted molar refractivity (Wildman–Crippen MR) is 96.7 cm³/mol. The highest BCUT2D eigenvalue weighted by atomic mass is 16.2. The third-order valence-electron chi connectivity index (χ3n) is 4.82. The van der Waals surface area contributed by atoms with Crippen LogP contribution in [0.3, 0.4) is 0 Å². The van der Waals surface area contributed by atoms with Crippen molar-refractivity contribution in [1.29, 1.82) is 0 Å². The van der Waals surface area contributed by atoms with Crippen LogP contribution in [0.1, 0.15) is 29.9 Å². The molecule has 2 aromatic carbocycles. The Kier molecular flexibility index (Phi) is 2.94. The average molecular weight is 331 g/mol. The number of anilines is 1. The van der Waals surface area contributed by atoms with Crippen molar-refractivity contribution in [1.82, 2.24) is 19.2 Å². The molecular formula is C19H17N5O. The Bertz CT molecular complexity index is 1170. The van der Waals surface area contributed by atoms with Gasteiger partial charge < -0.3 is 5.73 Å². The number of nitrogens with two attached hydrogens (primary N) is 1. The molecule has 0 atom stereocenters. The molecule has 0 unspecified atom stereocenters. The highest BCUT2D eigenvalue weighted by Crippen LogP contribution is 2.41. The number of benzene rings is 2. The minimum atomic E-state index is -0.189. The molecule has 4 aromatic rings. The Hall–Kier alpha value is -3.15. The van der Waals surface area contributed by atoms with Crippen LogP contribution in [0.4, 0.5) is 5.82 Å². The largest absolute Gasteiger partial charge is 0.381 e. The number of nitrogen functional groups attached to an aromatic ring is 1. The molecule has 0 amide bonds. The van der Waals surface area contributed by atoms with E-state index in [9.17, 15) is 4.79 Å². The van der Waals surface area contributed by atoms with E-state index in [1.165, 1.54) is 23.1 Å². The van der Waals surface area contributed by atoms with E-state index in [-0.39, 0.29) is 11.5 Å². The fourth-order valence-corrected chi connectivity index (χ4v) is 3.45. The van der Waals surface area contributed by atoms with Crippen LogP contribution in [-0.2, 0) is 6.54 Å². The second-order valence-electron chi connectivity index (χ2n) is 6.56. The van der Waals surface area contributed by atoms with Crippen molar-refractivity contribution in [3.8, 4) is 0 Å². The molecule has 1 saturated carbocycles. The summed E-state index contributed by atoms with van der Waals surface area (Å²) < 4.78 is 3.04. The van der Waals surface area contributed by atoms with Gasteiger partial charge in [-0.2, -0.15) is 0 Å². The minimum absolute atomic E-state index is 0.189. The van der Waals surface area contributed by atoms with E-state index >= 15 is 0 Å². The smallest absolute Gasteiger partial charge is 0.351 e. The molecule has 0 radical (unpaired) electrons. The third-order valence-corrected chi connectivity index (χ3v) is 4.82. The average Bonchev–Trinajstić information content (AvgIpc) is 3.41.